The van der Waals surface area contributed by atoms with E-state index in [2.05, 4.69) is 62.1 Å². The minimum absolute atomic E-state index is 0.143. The van der Waals surface area contributed by atoms with Crippen molar-refractivity contribution in [1.82, 2.24) is 25.1 Å². The zero-order chi connectivity index (χ0) is 20.2. The van der Waals surface area contributed by atoms with Gasteiger partial charge in [-0.2, -0.15) is 5.10 Å². The van der Waals surface area contributed by atoms with Gasteiger partial charge in [0.1, 0.15) is 9.30 Å². The summed E-state index contributed by atoms with van der Waals surface area (Å²) in [5.41, 5.74) is 1.25. The number of amides is 1. The van der Waals surface area contributed by atoms with Gasteiger partial charge in [0, 0.05) is 31.0 Å². The van der Waals surface area contributed by atoms with Crippen LogP contribution in [0.3, 0.4) is 0 Å². The summed E-state index contributed by atoms with van der Waals surface area (Å²) in [7, 11) is 0. The minimum Gasteiger partial charge on any atom is -0.444 e. The molecule has 0 fully saturated rings. The summed E-state index contributed by atoms with van der Waals surface area (Å²) >= 11 is 2.21. The molecule has 0 aromatic carbocycles. The summed E-state index contributed by atoms with van der Waals surface area (Å²) in [5, 5.41) is 10.4. The third-order valence-corrected chi connectivity index (χ3v) is 4.27. The van der Waals surface area contributed by atoms with E-state index < -0.39 is 11.7 Å². The van der Waals surface area contributed by atoms with Gasteiger partial charge in [-0.15, -0.1) is 0 Å². The maximum atomic E-state index is 11.8. The molecule has 8 nitrogen and oxygen atoms in total. The number of carbonyl (C=O) groups excluding carboxylic acids is 1. The number of anilines is 1. The molecule has 0 spiro atoms. The van der Waals surface area contributed by atoms with E-state index in [1.54, 1.807) is 6.20 Å². The Bertz CT molecular complexity index is 784. The predicted octanol–water partition coefficient (Wildman–Crippen LogP) is 3.85. The van der Waals surface area contributed by atoms with Gasteiger partial charge in [-0.25, -0.2) is 14.8 Å². The smallest absolute Gasteiger partial charge is 0.407 e. The summed E-state index contributed by atoms with van der Waals surface area (Å²) in [4.78, 5) is 20.6. The Morgan fingerprint density at radius 1 is 1.33 bits per heavy atom. The Balaban J connectivity index is 1.99. The Hall–Kier alpha value is -1.91. The molecule has 1 unspecified atom stereocenters. The number of alkyl carbamates (subject to hydrolysis) is 1. The first-order valence-corrected chi connectivity index (χ1v) is 9.94. The van der Waals surface area contributed by atoms with Gasteiger partial charge in [-0.3, -0.25) is 4.68 Å². The molecule has 2 heterocycles. The number of hydrogen-bond acceptors (Lipinski definition) is 6. The van der Waals surface area contributed by atoms with Gasteiger partial charge in [0.15, 0.2) is 0 Å². The van der Waals surface area contributed by atoms with Gasteiger partial charge in [0.05, 0.1) is 11.3 Å². The minimum atomic E-state index is -0.522. The molecular weight excluding hydrogens is 459 g/mol. The highest BCUT2D eigenvalue weighted by Crippen LogP contribution is 2.24. The monoisotopic (exact) mass is 486 g/mol. The Kier molecular flexibility index (Phi) is 7.01. The second-order valence-electron chi connectivity index (χ2n) is 7.60. The zero-order valence-corrected chi connectivity index (χ0v) is 18.7. The topological polar surface area (TPSA) is 94.0 Å². The highest BCUT2D eigenvalue weighted by molar-refractivity contribution is 14.1. The van der Waals surface area contributed by atoms with E-state index in [4.69, 9.17) is 4.74 Å². The molecule has 0 saturated heterocycles. The molecule has 2 aromatic rings. The van der Waals surface area contributed by atoms with Crippen molar-refractivity contribution >= 4 is 34.6 Å². The average molecular weight is 486 g/mol. The van der Waals surface area contributed by atoms with E-state index in [9.17, 15) is 4.79 Å². The standard InChI is InChI=1S/C18H27IN6O2/c1-11(2)25-10-13(15(19)24-25)14-7-8-20-16(23-14)21-9-12(3)22-17(26)27-18(4,5)6/h7-8,10-12H,9H2,1-6H3,(H,22,26)(H,20,21,23). The van der Waals surface area contributed by atoms with Crippen molar-refractivity contribution in [2.24, 2.45) is 0 Å². The maximum Gasteiger partial charge on any atom is 0.407 e. The Labute approximate surface area is 173 Å². The molecule has 0 radical (unpaired) electrons. The molecule has 148 valence electrons. The van der Waals surface area contributed by atoms with E-state index in [1.807, 2.05) is 44.6 Å². The summed E-state index contributed by atoms with van der Waals surface area (Å²) < 4.78 is 8.06. The third kappa shape index (κ3) is 6.64. The summed E-state index contributed by atoms with van der Waals surface area (Å²) in [6.07, 6.45) is 3.26. The van der Waals surface area contributed by atoms with Crippen LogP contribution in [0.2, 0.25) is 0 Å². The van der Waals surface area contributed by atoms with E-state index in [0.717, 1.165) is 15.0 Å². The number of halogens is 1. The van der Waals surface area contributed by atoms with Crippen LogP contribution in [0.4, 0.5) is 10.7 Å². The number of rotatable bonds is 6. The van der Waals surface area contributed by atoms with Crippen molar-refractivity contribution in [2.45, 2.75) is 59.2 Å². The van der Waals surface area contributed by atoms with E-state index in [1.165, 1.54) is 0 Å². The first kappa shape index (κ1) is 21.4. The van der Waals surface area contributed by atoms with Gasteiger partial charge in [0.25, 0.3) is 0 Å². The Morgan fingerprint density at radius 2 is 2.04 bits per heavy atom. The quantitative estimate of drug-likeness (QED) is 0.603. The zero-order valence-electron chi connectivity index (χ0n) is 16.6. The number of nitrogens with one attached hydrogen (secondary N) is 2. The van der Waals surface area contributed by atoms with E-state index in [-0.39, 0.29) is 12.1 Å². The lowest BCUT2D eigenvalue weighted by atomic mass is 10.2. The fourth-order valence-electron chi connectivity index (χ4n) is 2.20. The molecular formula is C18H27IN6O2. The van der Waals surface area contributed by atoms with Crippen LogP contribution >= 0.6 is 22.6 Å². The number of ether oxygens (including phenoxy) is 1. The number of aromatic nitrogens is 4. The summed E-state index contributed by atoms with van der Waals surface area (Å²) in [6.45, 7) is 12.0. The van der Waals surface area contributed by atoms with Crippen LogP contribution < -0.4 is 10.6 Å². The van der Waals surface area contributed by atoms with Crippen LogP contribution in [-0.2, 0) is 4.74 Å². The number of hydrogen-bond donors (Lipinski definition) is 2. The molecule has 27 heavy (non-hydrogen) atoms. The van der Waals surface area contributed by atoms with Gasteiger partial charge >= 0.3 is 6.09 Å². The fraction of sp³-hybridized carbons (Fsp3) is 0.556. The molecule has 1 amide bonds. The van der Waals surface area contributed by atoms with Crippen molar-refractivity contribution in [1.29, 1.82) is 0 Å². The van der Waals surface area contributed by atoms with E-state index >= 15 is 0 Å². The van der Waals surface area contributed by atoms with Crippen LogP contribution in [0.1, 0.15) is 47.6 Å². The van der Waals surface area contributed by atoms with Gasteiger partial charge in [-0.1, -0.05) is 0 Å². The normalized spacial score (nSPS) is 12.7. The highest BCUT2D eigenvalue weighted by atomic mass is 127. The summed E-state index contributed by atoms with van der Waals surface area (Å²) in [5.74, 6) is 0.499. The second-order valence-corrected chi connectivity index (χ2v) is 8.62. The number of nitrogens with zero attached hydrogens (tertiary/aromatic N) is 4. The van der Waals surface area contributed by atoms with Crippen LogP contribution in [-0.4, -0.2) is 44.0 Å². The van der Waals surface area contributed by atoms with Crippen molar-refractivity contribution in [3.63, 3.8) is 0 Å². The fourth-order valence-corrected chi connectivity index (χ4v) is 2.87. The van der Waals surface area contributed by atoms with Crippen LogP contribution in [0.5, 0.6) is 0 Å². The first-order chi connectivity index (χ1) is 12.5. The van der Waals surface area contributed by atoms with Gasteiger partial charge in [0.2, 0.25) is 5.95 Å². The Morgan fingerprint density at radius 3 is 2.63 bits per heavy atom. The molecule has 2 aromatic heterocycles. The van der Waals surface area contributed by atoms with Crippen LogP contribution in [0.25, 0.3) is 11.3 Å². The molecule has 0 aliphatic rings. The lowest BCUT2D eigenvalue weighted by Crippen LogP contribution is -2.41. The number of carbonyl (C=O) groups is 1. The van der Waals surface area contributed by atoms with Crippen molar-refractivity contribution < 1.29 is 9.53 Å². The SMILES string of the molecule is CC(CNc1nccc(-c2cn(C(C)C)nc2I)n1)NC(=O)OC(C)(C)C. The van der Waals surface area contributed by atoms with Gasteiger partial charge in [-0.05, 0) is 70.2 Å². The maximum absolute atomic E-state index is 11.8. The van der Waals surface area contributed by atoms with E-state index in [0.29, 0.717) is 12.5 Å². The van der Waals surface area contributed by atoms with Crippen molar-refractivity contribution in [3.05, 3.63) is 22.2 Å². The first-order valence-electron chi connectivity index (χ1n) is 8.86. The molecule has 0 aliphatic heterocycles. The average Bonchev–Trinajstić information content (AvgIpc) is 2.93. The van der Waals surface area contributed by atoms with Crippen LogP contribution in [0, 0.1) is 3.70 Å². The summed E-state index contributed by atoms with van der Waals surface area (Å²) in [6, 6.07) is 2.00. The molecule has 9 heteroatoms. The van der Waals surface area contributed by atoms with Crippen LogP contribution in [0.15, 0.2) is 18.5 Å². The largest absolute Gasteiger partial charge is 0.444 e. The highest BCUT2D eigenvalue weighted by Gasteiger charge is 2.18. The third-order valence-electron chi connectivity index (χ3n) is 3.48. The lowest BCUT2D eigenvalue weighted by molar-refractivity contribution is 0.0511. The molecule has 1 atom stereocenters. The van der Waals surface area contributed by atoms with Gasteiger partial charge < -0.3 is 15.4 Å². The molecule has 0 bridgehead atoms. The molecule has 2 rings (SSSR count). The van der Waals surface area contributed by atoms with Crippen molar-refractivity contribution in [2.75, 3.05) is 11.9 Å². The predicted molar refractivity (Wildman–Crippen MR) is 114 cm³/mol. The lowest BCUT2D eigenvalue weighted by Gasteiger charge is -2.22. The molecule has 2 N–H and O–H groups in total. The molecule has 0 saturated carbocycles. The molecule has 0 aliphatic carbocycles. The second kappa shape index (κ2) is 8.85. The van der Waals surface area contributed by atoms with Crippen molar-refractivity contribution in [3.8, 4) is 11.3 Å².